The Morgan fingerprint density at radius 3 is 2.86 bits per heavy atom. The lowest BCUT2D eigenvalue weighted by Gasteiger charge is -2.15. The van der Waals surface area contributed by atoms with Gasteiger partial charge in [-0.1, -0.05) is 0 Å². The van der Waals surface area contributed by atoms with Crippen LogP contribution in [-0.4, -0.2) is 32.7 Å². The normalized spacial score (nSPS) is 14.2. The average Bonchev–Trinajstić information content (AvgIpc) is 2.55. The number of ether oxygens (including phenoxy) is 1. The quantitative estimate of drug-likeness (QED) is 0.628. The molecule has 1 unspecified atom stereocenters. The third kappa shape index (κ3) is 3.23. The van der Waals surface area contributed by atoms with Crippen LogP contribution < -0.4 is 0 Å². The summed E-state index contributed by atoms with van der Waals surface area (Å²) in [5.41, 5.74) is 0.834. The van der Waals surface area contributed by atoms with Gasteiger partial charge in [0.05, 0.1) is 6.33 Å². The number of aryl methyl sites for hydroxylation is 1. The molecule has 0 bridgehead atoms. The molecule has 0 aliphatic heterocycles. The fourth-order valence-electron chi connectivity index (χ4n) is 1.12. The zero-order valence-corrected chi connectivity index (χ0v) is 8.65. The van der Waals surface area contributed by atoms with Gasteiger partial charge in [-0.2, -0.15) is 0 Å². The van der Waals surface area contributed by atoms with Crippen LogP contribution in [0.1, 0.15) is 12.1 Å². The molecule has 3 N–H and O–H groups in total. The van der Waals surface area contributed by atoms with Crippen LogP contribution in [0.3, 0.4) is 0 Å². The van der Waals surface area contributed by atoms with Gasteiger partial charge in [-0.3, -0.25) is 4.57 Å². The van der Waals surface area contributed by atoms with Crippen molar-refractivity contribution in [3.63, 3.8) is 0 Å². The summed E-state index contributed by atoms with van der Waals surface area (Å²) >= 11 is 0. The van der Waals surface area contributed by atoms with E-state index in [0.717, 1.165) is 5.69 Å². The third-order valence-electron chi connectivity index (χ3n) is 1.86. The summed E-state index contributed by atoms with van der Waals surface area (Å²) in [5.74, 6) is -1.04. The zero-order valence-electron chi connectivity index (χ0n) is 7.75. The predicted octanol–water partition coefficient (Wildman–Crippen LogP) is 0.492. The van der Waals surface area contributed by atoms with Gasteiger partial charge in [0.1, 0.15) is 0 Å². The molecule has 0 spiro atoms. The second-order valence-electron chi connectivity index (χ2n) is 2.89. The second-order valence-corrected chi connectivity index (χ2v) is 4.65. The Kier molecular flexibility index (Phi) is 3.83. The highest BCUT2D eigenvalue weighted by Gasteiger charge is 2.28. The Hall–Kier alpha value is -0.680. The van der Waals surface area contributed by atoms with Crippen LogP contribution in [-0.2, 0) is 15.7 Å². The lowest BCUT2D eigenvalue weighted by atomic mass is 10.2. The molecule has 1 aromatic rings. The Morgan fingerprint density at radius 1 is 1.71 bits per heavy atom. The highest BCUT2D eigenvalue weighted by molar-refractivity contribution is 7.52. The van der Waals surface area contributed by atoms with Crippen molar-refractivity contribution in [2.75, 3.05) is 7.11 Å². The Balaban J connectivity index is 2.47. The molecule has 0 aliphatic rings. The molecule has 1 rings (SSSR count). The molecule has 80 valence electrons. The molecule has 1 atom stereocenters. The summed E-state index contributed by atoms with van der Waals surface area (Å²) in [4.78, 5) is 24.4. The topological polar surface area (TPSA) is 95.4 Å². The number of aromatic amines is 1. The molecule has 6 nitrogen and oxygen atoms in total. The van der Waals surface area contributed by atoms with Crippen LogP contribution in [0, 0.1) is 0 Å². The van der Waals surface area contributed by atoms with Gasteiger partial charge >= 0.3 is 7.60 Å². The van der Waals surface area contributed by atoms with E-state index in [1.165, 1.54) is 13.4 Å². The fraction of sp³-hybridized carbons (Fsp3) is 0.571. The van der Waals surface area contributed by atoms with Crippen LogP contribution in [0.5, 0.6) is 0 Å². The molecule has 7 heteroatoms. The van der Waals surface area contributed by atoms with Crippen molar-refractivity contribution in [3.8, 4) is 0 Å². The summed E-state index contributed by atoms with van der Waals surface area (Å²) in [6.45, 7) is 0. The van der Waals surface area contributed by atoms with E-state index >= 15 is 0 Å². The van der Waals surface area contributed by atoms with E-state index in [9.17, 15) is 4.57 Å². The monoisotopic (exact) mass is 220 g/mol. The van der Waals surface area contributed by atoms with Gasteiger partial charge in [0.2, 0.25) is 0 Å². The van der Waals surface area contributed by atoms with Crippen LogP contribution in [0.25, 0.3) is 0 Å². The first-order chi connectivity index (χ1) is 6.54. The number of nitrogens with one attached hydrogen (secondary N) is 1. The van der Waals surface area contributed by atoms with Gasteiger partial charge < -0.3 is 19.5 Å². The number of rotatable bonds is 5. The Morgan fingerprint density at radius 2 is 2.43 bits per heavy atom. The molecule has 0 fully saturated rings. The highest BCUT2D eigenvalue weighted by atomic mass is 31.2. The van der Waals surface area contributed by atoms with E-state index in [2.05, 4.69) is 9.97 Å². The van der Waals surface area contributed by atoms with Crippen LogP contribution in [0.4, 0.5) is 0 Å². The van der Waals surface area contributed by atoms with Gasteiger partial charge in [0, 0.05) is 19.0 Å². The summed E-state index contributed by atoms with van der Waals surface area (Å²) in [6, 6.07) is 0. The molecule has 0 amide bonds. The standard InChI is InChI=1S/C7H13N2O4P/c1-13-7(14(10,11)12)3-2-6-4-8-5-9-6/h4-5,7H,2-3H2,1H3,(H,8,9)(H2,10,11,12). The molecular formula is C7H13N2O4P. The maximum absolute atomic E-state index is 10.9. The van der Waals surface area contributed by atoms with Crippen molar-refractivity contribution in [1.82, 2.24) is 9.97 Å². The minimum Gasteiger partial charge on any atom is -0.369 e. The maximum atomic E-state index is 10.9. The largest absolute Gasteiger partial charge is 0.369 e. The minimum atomic E-state index is -4.15. The van der Waals surface area contributed by atoms with Gasteiger partial charge in [-0.25, -0.2) is 4.98 Å². The van der Waals surface area contributed by atoms with Crippen LogP contribution in [0.15, 0.2) is 12.5 Å². The van der Waals surface area contributed by atoms with E-state index in [0.29, 0.717) is 6.42 Å². The molecule has 0 radical (unpaired) electrons. The van der Waals surface area contributed by atoms with Gasteiger partial charge in [0.15, 0.2) is 5.85 Å². The molecule has 1 heterocycles. The number of hydrogen-bond donors (Lipinski definition) is 3. The van der Waals surface area contributed by atoms with Gasteiger partial charge in [-0.15, -0.1) is 0 Å². The molecule has 1 aromatic heterocycles. The molecule has 0 saturated heterocycles. The molecular weight excluding hydrogens is 207 g/mol. The van der Waals surface area contributed by atoms with Crippen LogP contribution in [0.2, 0.25) is 0 Å². The smallest absolute Gasteiger partial charge is 0.354 e. The van der Waals surface area contributed by atoms with Crippen molar-refractivity contribution in [2.45, 2.75) is 18.7 Å². The molecule has 14 heavy (non-hydrogen) atoms. The first-order valence-corrected chi connectivity index (χ1v) is 5.77. The van der Waals surface area contributed by atoms with Crippen molar-refractivity contribution in [3.05, 3.63) is 18.2 Å². The fourth-order valence-corrected chi connectivity index (χ4v) is 1.86. The predicted molar refractivity (Wildman–Crippen MR) is 49.7 cm³/mol. The number of hydrogen-bond acceptors (Lipinski definition) is 3. The summed E-state index contributed by atoms with van der Waals surface area (Å²) < 4.78 is 15.6. The van der Waals surface area contributed by atoms with Crippen molar-refractivity contribution in [2.24, 2.45) is 0 Å². The van der Waals surface area contributed by atoms with Crippen molar-refractivity contribution >= 4 is 7.60 Å². The van der Waals surface area contributed by atoms with E-state index in [-0.39, 0.29) is 6.42 Å². The van der Waals surface area contributed by atoms with Crippen LogP contribution >= 0.6 is 7.60 Å². The third-order valence-corrected chi connectivity index (χ3v) is 3.08. The number of imidazole rings is 1. The molecule has 0 aliphatic carbocycles. The van der Waals surface area contributed by atoms with E-state index in [1.54, 1.807) is 6.20 Å². The second kappa shape index (κ2) is 4.70. The number of methoxy groups -OCH3 is 1. The first-order valence-electron chi connectivity index (χ1n) is 4.09. The zero-order chi connectivity index (χ0) is 10.6. The molecule has 0 aromatic carbocycles. The van der Waals surface area contributed by atoms with E-state index in [1.807, 2.05) is 0 Å². The van der Waals surface area contributed by atoms with Crippen molar-refractivity contribution in [1.29, 1.82) is 0 Å². The summed E-state index contributed by atoms with van der Waals surface area (Å²) in [6.07, 6.45) is 3.91. The summed E-state index contributed by atoms with van der Waals surface area (Å²) in [7, 11) is -2.86. The van der Waals surface area contributed by atoms with E-state index < -0.39 is 13.4 Å². The lowest BCUT2D eigenvalue weighted by Crippen LogP contribution is -2.12. The maximum Gasteiger partial charge on any atom is 0.354 e. The number of aromatic nitrogens is 2. The van der Waals surface area contributed by atoms with E-state index in [4.69, 9.17) is 14.5 Å². The Labute approximate surface area is 81.5 Å². The minimum absolute atomic E-state index is 0.267. The lowest BCUT2D eigenvalue weighted by molar-refractivity contribution is 0.129. The first kappa shape index (κ1) is 11.4. The van der Waals surface area contributed by atoms with Crippen molar-refractivity contribution < 1.29 is 19.1 Å². The number of H-pyrrole nitrogens is 1. The summed E-state index contributed by atoms with van der Waals surface area (Å²) in [5, 5.41) is 0. The SMILES string of the molecule is COC(CCc1cnc[nH]1)P(=O)(O)O. The molecule has 0 saturated carbocycles. The van der Waals surface area contributed by atoms with Gasteiger partial charge in [0.25, 0.3) is 0 Å². The Bertz CT molecular complexity index is 307. The average molecular weight is 220 g/mol. The number of nitrogens with zero attached hydrogens (tertiary/aromatic N) is 1. The van der Waals surface area contributed by atoms with Gasteiger partial charge in [-0.05, 0) is 12.8 Å². The highest BCUT2D eigenvalue weighted by Crippen LogP contribution is 2.43.